The van der Waals surface area contributed by atoms with Crippen molar-refractivity contribution in [2.45, 2.75) is 32.8 Å². The summed E-state index contributed by atoms with van der Waals surface area (Å²) in [6, 6.07) is 7.70. The number of carbonyl (C=O) groups is 1. The molecule has 0 aromatic heterocycles. The molecule has 1 N–H and O–H groups in total. The van der Waals surface area contributed by atoms with E-state index in [0.717, 1.165) is 24.2 Å². The Balaban J connectivity index is 1.95. The summed E-state index contributed by atoms with van der Waals surface area (Å²) in [7, 11) is 0. The summed E-state index contributed by atoms with van der Waals surface area (Å²) >= 11 is 0. The van der Waals surface area contributed by atoms with Gasteiger partial charge in [-0.1, -0.05) is 18.2 Å². The summed E-state index contributed by atoms with van der Waals surface area (Å²) < 4.78 is 5.55. The minimum absolute atomic E-state index is 0.0235. The number of aliphatic hydroxyl groups is 1. The van der Waals surface area contributed by atoms with Crippen molar-refractivity contribution < 1.29 is 14.6 Å². The molecule has 1 aliphatic rings. The number of hydrogen-bond donors (Lipinski definition) is 1. The van der Waals surface area contributed by atoms with Gasteiger partial charge in [-0.2, -0.15) is 0 Å². The normalized spacial score (nSPS) is 17.7. The van der Waals surface area contributed by atoms with Crippen molar-refractivity contribution in [2.75, 3.05) is 19.7 Å². The molecular formula is C18H25NO3. The van der Waals surface area contributed by atoms with Crippen molar-refractivity contribution in [3.8, 4) is 5.75 Å². The molecule has 1 fully saturated rings. The van der Waals surface area contributed by atoms with Gasteiger partial charge in [0.15, 0.2) is 0 Å². The number of piperidine rings is 1. The Morgan fingerprint density at radius 3 is 2.73 bits per heavy atom. The van der Waals surface area contributed by atoms with Crippen LogP contribution in [0.5, 0.6) is 5.75 Å². The first-order valence-corrected chi connectivity index (χ1v) is 7.98. The fraction of sp³-hybridized carbons (Fsp3) is 0.500. The van der Waals surface area contributed by atoms with Gasteiger partial charge in [0.2, 0.25) is 5.91 Å². The van der Waals surface area contributed by atoms with Gasteiger partial charge < -0.3 is 14.7 Å². The molecule has 2 rings (SSSR count). The molecule has 120 valence electrons. The van der Waals surface area contributed by atoms with Crippen LogP contribution in [0.15, 0.2) is 30.3 Å². The van der Waals surface area contributed by atoms with Crippen molar-refractivity contribution in [1.82, 2.24) is 4.90 Å². The number of nitrogens with zero attached hydrogens (tertiary/aromatic N) is 1. The molecule has 1 unspecified atom stereocenters. The van der Waals surface area contributed by atoms with Gasteiger partial charge in [0.25, 0.3) is 0 Å². The number of benzene rings is 1. The largest absolute Gasteiger partial charge is 0.493 e. The Morgan fingerprint density at radius 2 is 2.09 bits per heavy atom. The highest BCUT2D eigenvalue weighted by Gasteiger charge is 2.24. The number of hydrogen-bond acceptors (Lipinski definition) is 3. The van der Waals surface area contributed by atoms with Crippen LogP contribution in [0, 0.1) is 5.92 Å². The molecule has 4 nitrogen and oxygen atoms in total. The van der Waals surface area contributed by atoms with Gasteiger partial charge in [0, 0.05) is 24.7 Å². The van der Waals surface area contributed by atoms with Crippen LogP contribution in [-0.4, -0.2) is 41.7 Å². The first-order chi connectivity index (χ1) is 10.6. The lowest BCUT2D eigenvalue weighted by molar-refractivity contribution is -0.127. The number of amides is 1. The van der Waals surface area contributed by atoms with Gasteiger partial charge in [0.1, 0.15) is 5.75 Å². The molecule has 1 heterocycles. The molecule has 4 heteroatoms. The second kappa shape index (κ2) is 7.99. The Morgan fingerprint density at radius 1 is 1.41 bits per heavy atom. The number of ether oxygens (including phenoxy) is 1. The second-order valence-electron chi connectivity index (χ2n) is 5.71. The topological polar surface area (TPSA) is 49.8 Å². The highest BCUT2D eigenvalue weighted by Crippen LogP contribution is 2.22. The van der Waals surface area contributed by atoms with E-state index in [1.807, 2.05) is 49.1 Å². The molecule has 1 aromatic carbocycles. The average molecular weight is 303 g/mol. The SMILES string of the molecule is CCOc1ccccc1C=CC(=O)N1CCC(C(C)O)CC1. The van der Waals surface area contributed by atoms with E-state index in [4.69, 9.17) is 4.74 Å². The van der Waals surface area contributed by atoms with Crippen LogP contribution in [0.4, 0.5) is 0 Å². The highest BCUT2D eigenvalue weighted by molar-refractivity contribution is 5.92. The number of para-hydroxylation sites is 1. The van der Waals surface area contributed by atoms with Crippen LogP contribution >= 0.6 is 0 Å². The zero-order valence-electron chi connectivity index (χ0n) is 13.4. The second-order valence-corrected chi connectivity index (χ2v) is 5.71. The molecule has 1 atom stereocenters. The first kappa shape index (κ1) is 16.6. The Labute approximate surface area is 132 Å². The van der Waals surface area contributed by atoms with E-state index in [1.54, 1.807) is 6.08 Å². The maximum Gasteiger partial charge on any atom is 0.246 e. The van der Waals surface area contributed by atoms with Gasteiger partial charge >= 0.3 is 0 Å². The van der Waals surface area contributed by atoms with E-state index in [2.05, 4.69) is 0 Å². The standard InChI is InChI=1S/C18H25NO3/c1-3-22-17-7-5-4-6-16(17)8-9-18(21)19-12-10-15(11-13-19)14(2)20/h4-9,14-15,20H,3,10-13H2,1-2H3. The predicted octanol–water partition coefficient (Wildman–Crippen LogP) is 2.72. The minimum Gasteiger partial charge on any atom is -0.493 e. The number of aliphatic hydroxyl groups excluding tert-OH is 1. The Kier molecular flexibility index (Phi) is 6.01. The lowest BCUT2D eigenvalue weighted by Gasteiger charge is -2.32. The van der Waals surface area contributed by atoms with Crippen molar-refractivity contribution in [3.05, 3.63) is 35.9 Å². The van der Waals surface area contributed by atoms with Gasteiger partial charge in [-0.05, 0) is 44.7 Å². The lowest BCUT2D eigenvalue weighted by atomic mass is 9.92. The van der Waals surface area contributed by atoms with E-state index < -0.39 is 0 Å². The van der Waals surface area contributed by atoms with Crippen LogP contribution < -0.4 is 4.74 Å². The van der Waals surface area contributed by atoms with Crippen LogP contribution in [0.2, 0.25) is 0 Å². The van der Waals surface area contributed by atoms with Crippen molar-refractivity contribution in [1.29, 1.82) is 0 Å². The summed E-state index contributed by atoms with van der Waals surface area (Å²) in [4.78, 5) is 14.1. The van der Waals surface area contributed by atoms with Crippen LogP contribution in [0.3, 0.4) is 0 Å². The van der Waals surface area contributed by atoms with Gasteiger partial charge in [-0.3, -0.25) is 4.79 Å². The van der Waals surface area contributed by atoms with E-state index in [1.165, 1.54) is 0 Å². The molecule has 0 saturated carbocycles. The van der Waals surface area contributed by atoms with Crippen LogP contribution in [0.1, 0.15) is 32.3 Å². The van der Waals surface area contributed by atoms with E-state index >= 15 is 0 Å². The summed E-state index contributed by atoms with van der Waals surface area (Å²) in [5.74, 6) is 1.13. The Bertz CT molecular complexity index is 517. The monoisotopic (exact) mass is 303 g/mol. The zero-order chi connectivity index (χ0) is 15.9. The third kappa shape index (κ3) is 4.34. The quantitative estimate of drug-likeness (QED) is 0.851. The molecule has 1 aliphatic heterocycles. The van der Waals surface area contributed by atoms with Gasteiger partial charge in [0.05, 0.1) is 12.7 Å². The fourth-order valence-electron chi connectivity index (χ4n) is 2.77. The zero-order valence-corrected chi connectivity index (χ0v) is 13.4. The molecule has 0 bridgehead atoms. The summed E-state index contributed by atoms with van der Waals surface area (Å²) in [6.07, 6.45) is 4.87. The molecule has 1 aromatic rings. The fourth-order valence-corrected chi connectivity index (χ4v) is 2.77. The average Bonchev–Trinajstić information content (AvgIpc) is 2.54. The number of likely N-dealkylation sites (tertiary alicyclic amines) is 1. The van der Waals surface area contributed by atoms with Crippen LogP contribution in [-0.2, 0) is 4.79 Å². The van der Waals surface area contributed by atoms with Gasteiger partial charge in [-0.25, -0.2) is 0 Å². The predicted molar refractivity (Wildman–Crippen MR) is 87.6 cm³/mol. The van der Waals surface area contributed by atoms with E-state index in [9.17, 15) is 9.90 Å². The summed E-state index contributed by atoms with van der Waals surface area (Å²) in [5, 5.41) is 9.60. The van der Waals surface area contributed by atoms with Gasteiger partial charge in [-0.15, -0.1) is 0 Å². The smallest absolute Gasteiger partial charge is 0.246 e. The van der Waals surface area contributed by atoms with Crippen molar-refractivity contribution >= 4 is 12.0 Å². The molecular weight excluding hydrogens is 278 g/mol. The molecule has 22 heavy (non-hydrogen) atoms. The lowest BCUT2D eigenvalue weighted by Crippen LogP contribution is -2.39. The highest BCUT2D eigenvalue weighted by atomic mass is 16.5. The summed E-state index contributed by atoms with van der Waals surface area (Å²) in [6.45, 7) is 5.80. The molecule has 0 spiro atoms. The third-order valence-electron chi connectivity index (χ3n) is 4.16. The van der Waals surface area contributed by atoms with E-state index in [-0.39, 0.29) is 12.0 Å². The molecule has 0 radical (unpaired) electrons. The molecule has 0 aliphatic carbocycles. The van der Waals surface area contributed by atoms with Crippen LogP contribution in [0.25, 0.3) is 6.08 Å². The maximum absolute atomic E-state index is 12.3. The van der Waals surface area contributed by atoms with E-state index in [0.29, 0.717) is 25.6 Å². The molecule has 1 amide bonds. The third-order valence-corrected chi connectivity index (χ3v) is 4.16. The number of rotatable bonds is 5. The first-order valence-electron chi connectivity index (χ1n) is 7.98. The molecule has 1 saturated heterocycles. The van der Waals surface area contributed by atoms with Crippen molar-refractivity contribution in [2.24, 2.45) is 5.92 Å². The summed E-state index contributed by atoms with van der Waals surface area (Å²) in [5.41, 5.74) is 0.913. The number of carbonyl (C=O) groups excluding carboxylic acids is 1. The minimum atomic E-state index is -0.286. The van der Waals surface area contributed by atoms with Crippen molar-refractivity contribution in [3.63, 3.8) is 0 Å². The Hall–Kier alpha value is -1.81. The maximum atomic E-state index is 12.3.